The first-order valence-electron chi connectivity index (χ1n) is 2.88. The van der Waals surface area contributed by atoms with Crippen LogP contribution in [0.15, 0.2) is 17.1 Å². The van der Waals surface area contributed by atoms with E-state index in [1.165, 1.54) is 6.33 Å². The van der Waals surface area contributed by atoms with Crippen LogP contribution >= 0.6 is 15.9 Å². The Bertz CT molecular complexity index is 395. The summed E-state index contributed by atoms with van der Waals surface area (Å²) in [6.07, 6.45) is 3.09. The van der Waals surface area contributed by atoms with Gasteiger partial charge in [-0.1, -0.05) is 0 Å². The van der Waals surface area contributed by atoms with Crippen molar-refractivity contribution in [3.05, 3.63) is 17.1 Å². The Morgan fingerprint density at radius 3 is 3.00 bits per heavy atom. The summed E-state index contributed by atoms with van der Waals surface area (Å²) >= 11 is 3.20. The van der Waals surface area contributed by atoms with E-state index in [9.17, 15) is 0 Å². The number of hydrogen-bond donors (Lipinski definition) is 1. The minimum Gasteiger partial charge on any atom is -0.369 e. The van der Waals surface area contributed by atoms with Crippen LogP contribution < -0.4 is 5.73 Å². The molecule has 11 heavy (non-hydrogen) atoms. The Hall–Kier alpha value is -1.17. The number of rotatable bonds is 0. The standard InChI is InChI=1S/C5H4BrN5/c6-3-1-11-4(7)8-2-9-5(11)10-3/h1-2H,(H2,7,8,9,10). The molecule has 0 spiro atoms. The van der Waals surface area contributed by atoms with Crippen LogP contribution in [0.3, 0.4) is 0 Å². The average Bonchev–Trinajstić information content (AvgIpc) is 2.31. The summed E-state index contributed by atoms with van der Waals surface area (Å²) in [6.45, 7) is 0. The lowest BCUT2D eigenvalue weighted by Crippen LogP contribution is -1.99. The van der Waals surface area contributed by atoms with E-state index in [-0.39, 0.29) is 0 Å². The lowest BCUT2D eigenvalue weighted by Gasteiger charge is -1.93. The maximum Gasteiger partial charge on any atom is 0.239 e. The fourth-order valence-corrected chi connectivity index (χ4v) is 1.17. The van der Waals surface area contributed by atoms with Gasteiger partial charge in [-0.2, -0.15) is 0 Å². The molecule has 2 aromatic heterocycles. The van der Waals surface area contributed by atoms with Gasteiger partial charge in [0, 0.05) is 6.20 Å². The van der Waals surface area contributed by atoms with Gasteiger partial charge in [0.05, 0.1) is 0 Å². The number of halogens is 1. The summed E-state index contributed by atoms with van der Waals surface area (Å²) in [5, 5.41) is 0. The quantitative estimate of drug-likeness (QED) is 0.691. The Morgan fingerprint density at radius 1 is 1.45 bits per heavy atom. The summed E-state index contributed by atoms with van der Waals surface area (Å²) in [5.74, 6) is 0.928. The van der Waals surface area contributed by atoms with Crippen molar-refractivity contribution in [2.24, 2.45) is 0 Å². The molecule has 2 rings (SSSR count). The van der Waals surface area contributed by atoms with E-state index in [0.717, 1.165) is 0 Å². The van der Waals surface area contributed by atoms with E-state index >= 15 is 0 Å². The molecular formula is C5H4BrN5. The number of nitrogens with zero attached hydrogens (tertiary/aromatic N) is 4. The highest BCUT2D eigenvalue weighted by Crippen LogP contribution is 2.09. The molecule has 0 bridgehead atoms. The molecule has 0 aliphatic carbocycles. The molecule has 0 saturated carbocycles. The number of nitrogen functional groups attached to an aromatic ring is 1. The van der Waals surface area contributed by atoms with Gasteiger partial charge < -0.3 is 5.73 Å². The van der Waals surface area contributed by atoms with E-state index < -0.39 is 0 Å². The second-order valence-corrected chi connectivity index (χ2v) is 2.78. The van der Waals surface area contributed by atoms with Crippen LogP contribution in [0.5, 0.6) is 0 Å². The Kier molecular flexibility index (Phi) is 1.28. The number of hydrogen-bond acceptors (Lipinski definition) is 4. The van der Waals surface area contributed by atoms with Crippen molar-refractivity contribution in [1.29, 1.82) is 0 Å². The summed E-state index contributed by atoms with van der Waals surface area (Å²) in [7, 11) is 0. The molecule has 0 amide bonds. The molecule has 0 atom stereocenters. The monoisotopic (exact) mass is 213 g/mol. The Morgan fingerprint density at radius 2 is 2.27 bits per heavy atom. The number of imidazole rings is 1. The van der Waals surface area contributed by atoms with Crippen LogP contribution in [0, 0.1) is 0 Å². The molecule has 0 saturated heterocycles. The van der Waals surface area contributed by atoms with Gasteiger partial charge in [-0.05, 0) is 15.9 Å². The fraction of sp³-hybridized carbons (Fsp3) is 0. The zero-order valence-corrected chi connectivity index (χ0v) is 6.98. The van der Waals surface area contributed by atoms with E-state index in [4.69, 9.17) is 5.73 Å². The van der Waals surface area contributed by atoms with Gasteiger partial charge in [0.25, 0.3) is 0 Å². The zero-order valence-electron chi connectivity index (χ0n) is 5.40. The molecule has 2 aromatic rings. The van der Waals surface area contributed by atoms with Crippen molar-refractivity contribution in [3.8, 4) is 0 Å². The van der Waals surface area contributed by atoms with Crippen LogP contribution in [0.4, 0.5) is 5.95 Å². The van der Waals surface area contributed by atoms with E-state index in [0.29, 0.717) is 16.3 Å². The maximum absolute atomic E-state index is 5.52. The van der Waals surface area contributed by atoms with Gasteiger partial charge in [-0.3, -0.25) is 4.40 Å². The third-order valence-electron chi connectivity index (χ3n) is 1.27. The third-order valence-corrected chi connectivity index (χ3v) is 1.65. The predicted molar refractivity (Wildman–Crippen MR) is 42.9 cm³/mol. The number of aromatic nitrogens is 4. The first-order valence-corrected chi connectivity index (χ1v) is 3.68. The second-order valence-electron chi connectivity index (χ2n) is 1.97. The minimum atomic E-state index is 0.383. The third kappa shape index (κ3) is 0.949. The van der Waals surface area contributed by atoms with Crippen LogP contribution in [-0.2, 0) is 0 Å². The molecular weight excluding hydrogens is 210 g/mol. The van der Waals surface area contributed by atoms with Crippen molar-refractivity contribution in [3.63, 3.8) is 0 Å². The van der Waals surface area contributed by atoms with E-state index in [1.807, 2.05) is 0 Å². The molecule has 0 aliphatic rings. The second kappa shape index (κ2) is 2.16. The molecule has 0 unspecified atom stereocenters. The molecule has 0 aromatic carbocycles. The lowest BCUT2D eigenvalue weighted by molar-refractivity contribution is 1.03. The fourth-order valence-electron chi connectivity index (χ4n) is 0.804. The van der Waals surface area contributed by atoms with E-state index in [1.54, 1.807) is 10.6 Å². The lowest BCUT2D eigenvalue weighted by atomic mass is 10.8. The normalized spacial score (nSPS) is 10.6. The largest absolute Gasteiger partial charge is 0.369 e. The van der Waals surface area contributed by atoms with Gasteiger partial charge in [-0.15, -0.1) is 0 Å². The van der Waals surface area contributed by atoms with E-state index in [2.05, 4.69) is 30.9 Å². The molecule has 0 radical (unpaired) electrons. The highest BCUT2D eigenvalue weighted by Gasteiger charge is 2.01. The zero-order chi connectivity index (χ0) is 7.84. The summed E-state index contributed by atoms with van der Waals surface area (Å²) in [4.78, 5) is 11.7. The molecule has 0 aliphatic heterocycles. The Balaban J connectivity index is 2.90. The molecule has 6 heteroatoms. The highest BCUT2D eigenvalue weighted by atomic mass is 79.9. The van der Waals surface area contributed by atoms with Crippen molar-refractivity contribution in [1.82, 2.24) is 19.4 Å². The number of fused-ring (bicyclic) bond motifs is 1. The highest BCUT2D eigenvalue weighted by molar-refractivity contribution is 9.10. The van der Waals surface area contributed by atoms with Crippen LogP contribution in [-0.4, -0.2) is 19.4 Å². The SMILES string of the molecule is Nc1ncnc2nc(Br)cn12. The van der Waals surface area contributed by atoms with Crippen molar-refractivity contribution in [2.75, 3.05) is 5.73 Å². The van der Waals surface area contributed by atoms with Gasteiger partial charge >= 0.3 is 0 Å². The molecule has 2 N–H and O–H groups in total. The van der Waals surface area contributed by atoms with Crippen LogP contribution in [0.25, 0.3) is 5.78 Å². The average molecular weight is 214 g/mol. The van der Waals surface area contributed by atoms with Crippen molar-refractivity contribution < 1.29 is 0 Å². The van der Waals surface area contributed by atoms with Crippen LogP contribution in [0.1, 0.15) is 0 Å². The van der Waals surface area contributed by atoms with Gasteiger partial charge in [-0.25, -0.2) is 15.0 Å². The predicted octanol–water partition coefficient (Wildman–Crippen LogP) is 0.469. The molecule has 56 valence electrons. The topological polar surface area (TPSA) is 69.1 Å². The van der Waals surface area contributed by atoms with Gasteiger partial charge in [0.15, 0.2) is 0 Å². The smallest absolute Gasteiger partial charge is 0.239 e. The number of nitrogens with two attached hydrogens (primary N) is 1. The van der Waals surface area contributed by atoms with Crippen LogP contribution in [0.2, 0.25) is 0 Å². The minimum absolute atomic E-state index is 0.383. The van der Waals surface area contributed by atoms with Crippen molar-refractivity contribution >= 4 is 27.7 Å². The first kappa shape index (κ1) is 6.53. The van der Waals surface area contributed by atoms with Gasteiger partial charge in [0.2, 0.25) is 11.7 Å². The first-order chi connectivity index (χ1) is 5.27. The maximum atomic E-state index is 5.52. The van der Waals surface area contributed by atoms with Crippen molar-refractivity contribution in [2.45, 2.75) is 0 Å². The van der Waals surface area contributed by atoms with Gasteiger partial charge in [0.1, 0.15) is 10.9 Å². The molecule has 5 nitrogen and oxygen atoms in total. The Labute approximate surface area is 70.4 Å². The molecule has 0 fully saturated rings. The summed E-state index contributed by atoms with van der Waals surface area (Å²) in [6, 6.07) is 0. The summed E-state index contributed by atoms with van der Waals surface area (Å²) < 4.78 is 2.30. The number of anilines is 1. The molecule has 2 heterocycles. The summed E-state index contributed by atoms with van der Waals surface area (Å²) in [5.41, 5.74) is 5.52.